The number of hydrogen-bond donors (Lipinski definition) is 1. The molecule has 0 fully saturated rings. The predicted octanol–water partition coefficient (Wildman–Crippen LogP) is 9.84. The molecule has 0 atom stereocenters. The van der Waals surface area contributed by atoms with Crippen molar-refractivity contribution >= 4 is 10.0 Å². The van der Waals surface area contributed by atoms with Gasteiger partial charge < -0.3 is 0 Å². The van der Waals surface area contributed by atoms with Crippen LogP contribution in [0.1, 0.15) is 194 Å². The molecule has 0 spiro atoms. The van der Waals surface area contributed by atoms with Crippen LogP contribution in [0.5, 0.6) is 0 Å². The maximum Gasteiger partial charge on any atom is 0.293 e. The van der Waals surface area contributed by atoms with Gasteiger partial charge in [0.05, 0.1) is 6.54 Å². The molecule has 0 rings (SSSR count). The second kappa shape index (κ2) is 29.5. The summed E-state index contributed by atoms with van der Waals surface area (Å²) in [5.74, 6) is 0.365. The highest BCUT2D eigenvalue weighted by molar-refractivity contribution is 7.84. The summed E-state index contributed by atoms with van der Waals surface area (Å²) in [4.78, 5) is 0. The molecule has 2 N–H and O–H groups in total. The van der Waals surface area contributed by atoms with Crippen molar-refractivity contribution in [3.05, 3.63) is 0 Å². The minimum absolute atomic E-state index is 0.365. The average Bonchev–Trinajstić information content (AvgIpc) is 2.86. The molecule has 0 aliphatic rings. The molecule has 0 aliphatic carbocycles. The maximum atomic E-state index is 12.2. The summed E-state index contributed by atoms with van der Waals surface area (Å²) in [7, 11) is -2.94. The van der Waals surface area contributed by atoms with Gasteiger partial charge in [0.2, 0.25) is 0 Å². The molecular weight excluding hydrogens is 462 g/mol. The van der Waals surface area contributed by atoms with Crippen molar-refractivity contribution in [2.24, 2.45) is 0 Å². The number of hydrogen-bond acceptors (Lipinski definition) is 2. The van der Waals surface area contributed by atoms with E-state index in [1.165, 1.54) is 161 Å². The number of nitrogens with two attached hydrogens (primary N) is 1. The van der Waals surface area contributed by atoms with Gasteiger partial charge in [-0.05, 0) is 19.3 Å². The Morgan fingerprint density at radius 1 is 0.361 bits per heavy atom. The van der Waals surface area contributed by atoms with E-state index in [4.69, 9.17) is 0 Å². The highest BCUT2D eigenvalue weighted by Gasteiger charge is 2.12. The summed E-state index contributed by atoms with van der Waals surface area (Å²) in [6.45, 7) is 5.31. The Morgan fingerprint density at radius 2 is 0.611 bits per heavy atom. The Labute approximate surface area is 228 Å². The summed E-state index contributed by atoms with van der Waals surface area (Å²) in [5, 5.41) is 0. The first-order valence-corrected chi connectivity index (χ1v) is 18.4. The van der Waals surface area contributed by atoms with E-state index in [0.717, 1.165) is 25.8 Å². The second-order valence-corrected chi connectivity index (χ2v) is 13.6. The lowest BCUT2D eigenvalue weighted by atomic mass is 10.0. The molecule has 218 valence electrons. The standard InChI is InChI=1S/C32H67NO2S/c1-3-5-7-9-11-13-15-17-19-21-23-25-27-29-31-33-36(34,35)32-30-28-26-24-22-20-18-16-14-12-10-8-6-4-2/h33H,3-32H2,1-2H3/p+1. The van der Waals surface area contributed by atoms with E-state index < -0.39 is 10.0 Å². The molecule has 0 aromatic rings. The normalized spacial score (nSPS) is 11.9. The van der Waals surface area contributed by atoms with Gasteiger partial charge in [-0.2, -0.15) is 8.42 Å². The Balaban J connectivity index is 3.29. The van der Waals surface area contributed by atoms with Crippen LogP contribution < -0.4 is 4.72 Å². The molecule has 0 heterocycles. The van der Waals surface area contributed by atoms with Gasteiger partial charge in [0, 0.05) is 0 Å². The van der Waals surface area contributed by atoms with Gasteiger partial charge in [-0.25, -0.2) is 4.72 Å². The molecular formula is C32H68NO2S+. The third kappa shape index (κ3) is 30.1. The van der Waals surface area contributed by atoms with E-state index in [1.807, 2.05) is 0 Å². The molecule has 0 saturated heterocycles. The SMILES string of the molecule is CCCCCCCCCCCCCCCC[NH2+]S(=O)(=O)CCCCCCCCCCCCCCCC. The third-order valence-corrected chi connectivity index (χ3v) is 9.31. The molecule has 4 heteroatoms. The monoisotopic (exact) mass is 530 g/mol. The first-order chi connectivity index (χ1) is 17.6. The van der Waals surface area contributed by atoms with Crippen molar-refractivity contribution in [2.75, 3.05) is 12.3 Å². The number of unbranched alkanes of at least 4 members (excludes halogenated alkanes) is 26. The van der Waals surface area contributed by atoms with Crippen LogP contribution in [0.3, 0.4) is 0 Å². The minimum Gasteiger partial charge on any atom is -0.241 e. The zero-order chi connectivity index (χ0) is 26.4. The van der Waals surface area contributed by atoms with E-state index in [0.29, 0.717) is 5.75 Å². The summed E-state index contributed by atoms with van der Waals surface area (Å²) < 4.78 is 26.1. The molecule has 36 heavy (non-hydrogen) atoms. The quantitative estimate of drug-likeness (QED) is 0.0906. The third-order valence-electron chi connectivity index (χ3n) is 7.71. The van der Waals surface area contributed by atoms with Gasteiger partial charge in [-0.3, -0.25) is 0 Å². The number of quaternary nitrogens is 1. The Bertz CT molecular complexity index is 506. The van der Waals surface area contributed by atoms with Crippen molar-refractivity contribution < 1.29 is 13.1 Å². The van der Waals surface area contributed by atoms with Crippen LogP contribution in [0.4, 0.5) is 0 Å². The Hall–Kier alpha value is -0.0900. The van der Waals surface area contributed by atoms with Crippen molar-refractivity contribution in [3.8, 4) is 0 Å². The largest absolute Gasteiger partial charge is 0.293 e. The molecule has 0 unspecified atom stereocenters. The summed E-state index contributed by atoms with van der Waals surface area (Å²) in [6, 6.07) is 0. The van der Waals surface area contributed by atoms with Crippen molar-refractivity contribution in [1.29, 1.82) is 0 Å². The average molecular weight is 531 g/mol. The lowest BCUT2D eigenvalue weighted by Crippen LogP contribution is -2.87. The van der Waals surface area contributed by atoms with E-state index in [2.05, 4.69) is 13.8 Å². The van der Waals surface area contributed by atoms with E-state index in [-0.39, 0.29) is 0 Å². The molecule has 0 radical (unpaired) electrons. The topological polar surface area (TPSA) is 50.8 Å². The fourth-order valence-electron chi connectivity index (χ4n) is 5.18. The van der Waals surface area contributed by atoms with Gasteiger partial charge in [0.15, 0.2) is 0 Å². The first kappa shape index (κ1) is 35.9. The van der Waals surface area contributed by atoms with Gasteiger partial charge in [-0.15, -0.1) is 0 Å². The highest BCUT2D eigenvalue weighted by Crippen LogP contribution is 2.14. The van der Waals surface area contributed by atoms with Gasteiger partial charge in [0.1, 0.15) is 5.75 Å². The van der Waals surface area contributed by atoms with Crippen molar-refractivity contribution in [2.45, 2.75) is 194 Å². The van der Waals surface area contributed by atoms with E-state index in [1.54, 1.807) is 4.72 Å². The highest BCUT2D eigenvalue weighted by atomic mass is 32.2. The maximum absolute atomic E-state index is 12.2. The van der Waals surface area contributed by atoms with Crippen LogP contribution in [0, 0.1) is 0 Å². The van der Waals surface area contributed by atoms with Crippen LogP contribution in [-0.4, -0.2) is 20.7 Å². The molecule has 0 saturated carbocycles. The van der Waals surface area contributed by atoms with Crippen LogP contribution in [0.15, 0.2) is 0 Å². The van der Waals surface area contributed by atoms with Gasteiger partial charge in [-0.1, -0.05) is 174 Å². The fourth-order valence-corrected chi connectivity index (χ4v) is 6.48. The van der Waals surface area contributed by atoms with Crippen LogP contribution in [0.2, 0.25) is 0 Å². The molecule has 3 nitrogen and oxygen atoms in total. The zero-order valence-electron chi connectivity index (χ0n) is 25.0. The Kier molecular flexibility index (Phi) is 29.4. The number of sulfonamides is 1. The first-order valence-electron chi connectivity index (χ1n) is 16.7. The van der Waals surface area contributed by atoms with Crippen molar-refractivity contribution in [1.82, 2.24) is 0 Å². The summed E-state index contributed by atoms with van der Waals surface area (Å²) in [6.07, 6.45) is 37.1. The lowest BCUT2D eigenvalue weighted by Gasteiger charge is -2.05. The summed E-state index contributed by atoms with van der Waals surface area (Å²) >= 11 is 0. The van der Waals surface area contributed by atoms with Crippen LogP contribution >= 0.6 is 0 Å². The molecule has 0 aromatic carbocycles. The molecule has 0 amide bonds. The second-order valence-electron chi connectivity index (χ2n) is 11.5. The summed E-state index contributed by atoms with van der Waals surface area (Å²) in [5.41, 5.74) is 0. The van der Waals surface area contributed by atoms with E-state index >= 15 is 0 Å². The zero-order valence-corrected chi connectivity index (χ0v) is 25.8. The molecule has 0 bridgehead atoms. The number of rotatable bonds is 31. The van der Waals surface area contributed by atoms with Gasteiger partial charge in [0.25, 0.3) is 10.0 Å². The molecule has 0 aromatic heterocycles. The Morgan fingerprint density at radius 3 is 0.917 bits per heavy atom. The van der Waals surface area contributed by atoms with Crippen molar-refractivity contribution in [3.63, 3.8) is 0 Å². The fraction of sp³-hybridized carbons (Fsp3) is 1.00. The predicted molar refractivity (Wildman–Crippen MR) is 161 cm³/mol. The molecule has 0 aliphatic heterocycles. The van der Waals surface area contributed by atoms with Crippen LogP contribution in [-0.2, 0) is 10.0 Å². The smallest absolute Gasteiger partial charge is 0.241 e. The van der Waals surface area contributed by atoms with E-state index in [9.17, 15) is 8.42 Å². The van der Waals surface area contributed by atoms with Crippen LogP contribution in [0.25, 0.3) is 0 Å². The minimum atomic E-state index is -2.94. The van der Waals surface area contributed by atoms with Gasteiger partial charge >= 0.3 is 0 Å². The lowest BCUT2D eigenvalue weighted by molar-refractivity contribution is -0.497. The number of primary sulfonamides is 1.